The van der Waals surface area contributed by atoms with E-state index >= 15 is 0 Å². The first-order valence-electron chi connectivity index (χ1n) is 10.9. The van der Waals surface area contributed by atoms with E-state index in [-0.39, 0.29) is 32.3 Å². The average Bonchev–Trinajstić information content (AvgIpc) is 2.84. The molecule has 0 unspecified atom stereocenters. The van der Waals surface area contributed by atoms with Gasteiger partial charge in [0.25, 0.3) is 0 Å². The van der Waals surface area contributed by atoms with Gasteiger partial charge in [-0.05, 0) is 13.8 Å². The van der Waals surface area contributed by atoms with Crippen molar-refractivity contribution < 1.29 is 39.0 Å². The molecule has 18 heteroatoms. The van der Waals surface area contributed by atoms with Gasteiger partial charge in [0.05, 0.1) is 18.5 Å². The first-order chi connectivity index (χ1) is 17.1. The second kappa shape index (κ2) is 21.3. The molecular weight excluding hydrogens is 544 g/mol. The molecule has 0 heterocycles. The van der Waals surface area contributed by atoms with Crippen LogP contribution in [0.1, 0.15) is 27.7 Å². The van der Waals surface area contributed by atoms with Gasteiger partial charge < -0.3 is 54.4 Å². The van der Waals surface area contributed by atoms with Gasteiger partial charge in [-0.1, -0.05) is 7.43 Å². The van der Waals surface area contributed by atoms with Crippen molar-refractivity contribution in [2.45, 2.75) is 63.9 Å². The number of carbonyl (C=O) groups is 6. The van der Waals surface area contributed by atoms with Crippen LogP contribution in [-0.2, 0) is 28.8 Å². The lowest BCUT2D eigenvalue weighted by Crippen LogP contribution is -2.55. The molecule has 16 nitrogen and oxygen atoms in total. The van der Waals surface area contributed by atoms with E-state index in [1.54, 1.807) is 6.92 Å². The van der Waals surface area contributed by atoms with Crippen LogP contribution in [0.25, 0.3) is 0 Å². The summed E-state index contributed by atoms with van der Waals surface area (Å²) >= 11 is 7.79. The number of thiol groups is 2. The molecular formula is C20H42N8O8S2. The van der Waals surface area contributed by atoms with E-state index in [0.717, 1.165) is 0 Å². The van der Waals surface area contributed by atoms with Gasteiger partial charge >= 0.3 is 11.9 Å². The lowest BCUT2D eigenvalue weighted by atomic mass is 10.1. The summed E-state index contributed by atoms with van der Waals surface area (Å²) in [5, 5.41) is 26.8. The van der Waals surface area contributed by atoms with Crippen LogP contribution in [0.3, 0.4) is 0 Å². The summed E-state index contributed by atoms with van der Waals surface area (Å²) in [7, 11) is 0. The highest BCUT2D eigenvalue weighted by Gasteiger charge is 2.26. The molecule has 6 atom stereocenters. The van der Waals surface area contributed by atoms with E-state index < -0.39 is 72.2 Å². The van der Waals surface area contributed by atoms with Crippen LogP contribution in [0.15, 0.2) is 0 Å². The number of nitrogens with two attached hydrogens (primary N) is 4. The molecule has 14 N–H and O–H groups in total. The fraction of sp³-hybridized carbons (Fsp3) is 0.700. The minimum atomic E-state index is -1.21. The molecule has 222 valence electrons. The zero-order valence-electron chi connectivity index (χ0n) is 20.5. The topological polar surface area (TPSA) is 295 Å². The highest BCUT2D eigenvalue weighted by atomic mass is 32.1. The van der Waals surface area contributed by atoms with Crippen LogP contribution in [0, 0.1) is 0 Å². The highest BCUT2D eigenvalue weighted by Crippen LogP contribution is 1.97. The molecule has 0 saturated carbocycles. The Balaban J connectivity index is -0.000000629. The first kappa shape index (κ1) is 39.9. The number of hydrogen-bond acceptors (Lipinski definition) is 12. The third kappa shape index (κ3) is 17.0. The smallest absolute Gasteiger partial charge is 0.327 e. The molecule has 0 aliphatic carbocycles. The van der Waals surface area contributed by atoms with E-state index in [9.17, 15) is 28.8 Å². The molecule has 0 saturated heterocycles. The minimum Gasteiger partial charge on any atom is -0.481 e. The van der Waals surface area contributed by atoms with Crippen molar-refractivity contribution in [2.75, 3.05) is 24.6 Å². The molecule has 38 heavy (non-hydrogen) atoms. The van der Waals surface area contributed by atoms with Crippen LogP contribution >= 0.6 is 25.3 Å². The quantitative estimate of drug-likeness (QED) is 0.0809. The summed E-state index contributed by atoms with van der Waals surface area (Å²) < 4.78 is 0. The van der Waals surface area contributed by atoms with Crippen LogP contribution in [0.2, 0.25) is 0 Å². The number of hydrogen-bond donors (Lipinski definition) is 12. The Kier molecular flexibility index (Phi) is 22.4. The third-order valence-electron chi connectivity index (χ3n) is 4.40. The second-order valence-electron chi connectivity index (χ2n) is 7.75. The second-order valence-corrected chi connectivity index (χ2v) is 8.48. The summed E-state index contributed by atoms with van der Waals surface area (Å²) in [6, 6.07) is -5.33. The maximum atomic E-state index is 11.8. The molecule has 0 rings (SSSR count). The van der Waals surface area contributed by atoms with Gasteiger partial charge in [0.15, 0.2) is 0 Å². The predicted molar refractivity (Wildman–Crippen MR) is 147 cm³/mol. The van der Waals surface area contributed by atoms with Gasteiger partial charge in [-0.15, -0.1) is 0 Å². The van der Waals surface area contributed by atoms with Gasteiger partial charge in [-0.2, -0.15) is 25.3 Å². The van der Waals surface area contributed by atoms with Gasteiger partial charge in [0.2, 0.25) is 23.6 Å². The standard InChI is InChI=1S/C10H20N4O4S.C9H18N4O4S.CH4/c1-5(4-19)13-10(18)7(2-8(15)16)14-9(17)6(12)3-11;1-4(12-8(15)5(11)2-10)7(14)13-6(3-18)9(16)17;/h5-7,19H,2-4,11-12H2,1H3,(H,13,18)(H,14,17)(H,15,16);4-6,18H,2-3,10-11H2,1H3,(H,12,15)(H,13,14)(H,16,17);1H4/t5-,6+,7+;4-,5-,6-;/m10./s1. The van der Waals surface area contributed by atoms with Crippen LogP contribution < -0.4 is 44.2 Å². The Morgan fingerprint density at radius 2 is 1.16 bits per heavy atom. The van der Waals surface area contributed by atoms with Crippen molar-refractivity contribution in [3.63, 3.8) is 0 Å². The molecule has 4 amide bonds. The average molecular weight is 587 g/mol. The van der Waals surface area contributed by atoms with Crippen molar-refractivity contribution in [3.05, 3.63) is 0 Å². The van der Waals surface area contributed by atoms with Crippen molar-refractivity contribution in [1.29, 1.82) is 0 Å². The number of rotatable bonds is 15. The number of carboxylic acid groups (broad SMARTS) is 2. The summed E-state index contributed by atoms with van der Waals surface area (Å²) in [5.74, 6) is -4.53. The molecule has 0 aliphatic heterocycles. The predicted octanol–water partition coefficient (Wildman–Crippen LogP) is -4.42. The Bertz CT molecular complexity index is 792. The summed E-state index contributed by atoms with van der Waals surface area (Å²) in [5.41, 5.74) is 21.2. The van der Waals surface area contributed by atoms with Crippen molar-refractivity contribution in [1.82, 2.24) is 21.3 Å². The van der Waals surface area contributed by atoms with Gasteiger partial charge in [0, 0.05) is 30.6 Å². The summed E-state index contributed by atoms with van der Waals surface area (Å²) in [4.78, 5) is 67.6. The molecule has 0 spiro atoms. The third-order valence-corrected chi connectivity index (χ3v) is 5.32. The van der Waals surface area contributed by atoms with Crippen LogP contribution in [0.5, 0.6) is 0 Å². The fourth-order valence-corrected chi connectivity index (χ4v) is 2.47. The van der Waals surface area contributed by atoms with E-state index in [0.29, 0.717) is 5.75 Å². The molecule has 0 aromatic carbocycles. The molecule has 0 aromatic rings. The zero-order chi connectivity index (χ0) is 29.3. The first-order valence-corrected chi connectivity index (χ1v) is 12.2. The number of carboxylic acids is 2. The van der Waals surface area contributed by atoms with E-state index in [1.807, 2.05) is 0 Å². The maximum Gasteiger partial charge on any atom is 0.327 e. The Labute approximate surface area is 232 Å². The van der Waals surface area contributed by atoms with Crippen molar-refractivity contribution >= 4 is 60.8 Å². The number of carbonyl (C=O) groups excluding carboxylic acids is 4. The fourth-order valence-electron chi connectivity index (χ4n) is 2.13. The maximum absolute atomic E-state index is 11.8. The number of nitrogens with one attached hydrogen (secondary N) is 4. The Morgan fingerprint density at radius 3 is 1.53 bits per heavy atom. The Hall–Kier alpha value is -2.64. The highest BCUT2D eigenvalue weighted by molar-refractivity contribution is 7.80. The lowest BCUT2D eigenvalue weighted by Gasteiger charge is -2.20. The molecule has 0 bridgehead atoms. The largest absolute Gasteiger partial charge is 0.481 e. The van der Waals surface area contributed by atoms with Crippen molar-refractivity contribution in [2.24, 2.45) is 22.9 Å². The monoisotopic (exact) mass is 586 g/mol. The molecule has 0 radical (unpaired) electrons. The van der Waals surface area contributed by atoms with Crippen LogP contribution in [-0.4, -0.2) is 107 Å². The van der Waals surface area contributed by atoms with Gasteiger partial charge in [-0.3, -0.25) is 24.0 Å². The van der Waals surface area contributed by atoms with E-state index in [1.165, 1.54) is 6.92 Å². The normalized spacial score (nSPS) is 14.8. The Morgan fingerprint density at radius 1 is 0.711 bits per heavy atom. The number of aliphatic carboxylic acids is 2. The number of amides is 4. The molecule has 0 fully saturated rings. The van der Waals surface area contributed by atoms with Crippen molar-refractivity contribution in [3.8, 4) is 0 Å². The minimum absolute atomic E-state index is 0. The molecule has 0 aliphatic rings. The van der Waals surface area contributed by atoms with Crippen LogP contribution in [0.4, 0.5) is 0 Å². The zero-order valence-corrected chi connectivity index (χ0v) is 22.3. The molecule has 0 aromatic heterocycles. The summed E-state index contributed by atoms with van der Waals surface area (Å²) in [6.45, 7) is 2.97. The SMILES string of the molecule is C.C[C@H](CS)NC(=O)[C@H](CC(=O)O)NC(=O)[C@@H](N)CN.C[C@H](NC(=O)[C@@H](N)CN)C(=O)N[C@@H](CS)C(=O)O. The van der Waals surface area contributed by atoms with E-state index in [4.69, 9.17) is 33.1 Å². The van der Waals surface area contributed by atoms with E-state index in [2.05, 4.69) is 46.5 Å². The summed E-state index contributed by atoms with van der Waals surface area (Å²) in [6.07, 6.45) is -0.534. The van der Waals surface area contributed by atoms with Gasteiger partial charge in [0.1, 0.15) is 18.1 Å². The lowest BCUT2D eigenvalue weighted by molar-refractivity contribution is -0.141. The van der Waals surface area contributed by atoms with Gasteiger partial charge in [-0.25, -0.2) is 4.79 Å².